The smallest absolute Gasteiger partial charge is 0.348 e. The van der Waals surface area contributed by atoms with Gasteiger partial charge in [-0.15, -0.1) is 0 Å². The van der Waals surface area contributed by atoms with E-state index < -0.39 is 33.0 Å². The maximum atomic E-state index is 13.2. The molecule has 1 aliphatic carbocycles. The minimum Gasteiger partial charge on any atom is -0.348 e. The Morgan fingerprint density at radius 3 is 2.42 bits per heavy atom. The van der Waals surface area contributed by atoms with E-state index in [9.17, 15) is 31.2 Å². The second-order valence-electron chi connectivity index (χ2n) is 9.34. The summed E-state index contributed by atoms with van der Waals surface area (Å²) in [7, 11) is -3.47. The number of aryl methyl sites for hydroxylation is 1. The minimum absolute atomic E-state index is 0.00356. The molecule has 1 aromatic heterocycles. The molecule has 4 rings (SSSR count). The number of hydrogen-bond acceptors (Lipinski definition) is 4. The topological polar surface area (TPSA) is 85.2 Å². The number of amides is 1. The van der Waals surface area contributed by atoms with E-state index in [1.165, 1.54) is 49.2 Å². The van der Waals surface area contributed by atoms with Crippen molar-refractivity contribution in [1.29, 1.82) is 0 Å². The molecule has 10 heteroatoms. The predicted octanol–water partition coefficient (Wildman–Crippen LogP) is 5.22. The first-order valence-electron chi connectivity index (χ1n) is 12.1. The Morgan fingerprint density at radius 2 is 1.76 bits per heavy atom. The number of alkyl halides is 3. The number of allylic oxidation sites excluding steroid dienone is 1. The normalized spacial score (nSPS) is 14.1. The van der Waals surface area contributed by atoms with Crippen LogP contribution in [-0.4, -0.2) is 24.6 Å². The Bertz CT molecular complexity index is 1520. The summed E-state index contributed by atoms with van der Waals surface area (Å²) in [6, 6.07) is 13.2. The van der Waals surface area contributed by atoms with Gasteiger partial charge < -0.3 is 5.32 Å². The molecule has 1 heterocycles. The third-order valence-electron chi connectivity index (χ3n) is 6.34. The lowest BCUT2D eigenvalue weighted by atomic mass is 10.1. The lowest BCUT2D eigenvalue weighted by molar-refractivity contribution is -0.137. The van der Waals surface area contributed by atoms with Crippen LogP contribution in [0.1, 0.15) is 46.4 Å². The van der Waals surface area contributed by atoms with Gasteiger partial charge in [0, 0.05) is 17.9 Å². The summed E-state index contributed by atoms with van der Waals surface area (Å²) < 4.78 is 65.6. The quantitative estimate of drug-likeness (QED) is 0.374. The SMILES string of the molecule is Cc1ccc(C(=O)NCc2ccc(S(=O)(=O)CC=CCC3CC3)cc2)c(=O)n1-c1cccc(C(F)(F)F)c1. The fourth-order valence-electron chi connectivity index (χ4n) is 3.97. The van der Waals surface area contributed by atoms with Gasteiger partial charge >= 0.3 is 6.18 Å². The predicted molar refractivity (Wildman–Crippen MR) is 138 cm³/mol. The molecule has 1 N–H and O–H groups in total. The molecule has 1 saturated carbocycles. The van der Waals surface area contributed by atoms with Gasteiger partial charge in [-0.3, -0.25) is 14.2 Å². The molecule has 0 unspecified atom stereocenters. The van der Waals surface area contributed by atoms with Gasteiger partial charge in [0.15, 0.2) is 9.84 Å². The molecule has 200 valence electrons. The highest BCUT2D eigenvalue weighted by atomic mass is 32.2. The van der Waals surface area contributed by atoms with E-state index >= 15 is 0 Å². The molecule has 0 bridgehead atoms. The second-order valence-corrected chi connectivity index (χ2v) is 11.4. The molecule has 6 nitrogen and oxygen atoms in total. The minimum atomic E-state index is -4.58. The van der Waals surface area contributed by atoms with Crippen LogP contribution in [0.4, 0.5) is 13.2 Å². The zero-order valence-electron chi connectivity index (χ0n) is 20.7. The lowest BCUT2D eigenvalue weighted by Crippen LogP contribution is -2.33. The Morgan fingerprint density at radius 1 is 1.05 bits per heavy atom. The van der Waals surface area contributed by atoms with Crippen molar-refractivity contribution in [3.05, 3.63) is 106 Å². The second kappa shape index (κ2) is 11.0. The van der Waals surface area contributed by atoms with Crippen molar-refractivity contribution in [2.24, 2.45) is 5.92 Å². The first-order valence-corrected chi connectivity index (χ1v) is 13.8. The fourth-order valence-corrected chi connectivity index (χ4v) is 5.10. The van der Waals surface area contributed by atoms with Crippen LogP contribution in [0.5, 0.6) is 0 Å². The van der Waals surface area contributed by atoms with Crippen LogP contribution in [0, 0.1) is 12.8 Å². The average molecular weight is 545 g/mol. The van der Waals surface area contributed by atoms with E-state index in [0.717, 1.165) is 23.1 Å². The van der Waals surface area contributed by atoms with Crippen molar-refractivity contribution in [2.45, 2.75) is 43.8 Å². The molecule has 1 fully saturated rings. The summed E-state index contributed by atoms with van der Waals surface area (Å²) in [5.41, 5.74) is -0.910. The fraction of sp³-hybridized carbons (Fsp3) is 0.286. The van der Waals surface area contributed by atoms with Crippen LogP contribution in [0.2, 0.25) is 0 Å². The Balaban J connectivity index is 1.45. The van der Waals surface area contributed by atoms with Gasteiger partial charge in [-0.25, -0.2) is 8.42 Å². The third-order valence-corrected chi connectivity index (χ3v) is 7.96. The van der Waals surface area contributed by atoms with E-state index in [1.54, 1.807) is 25.1 Å². The van der Waals surface area contributed by atoms with Crippen LogP contribution in [-0.2, 0) is 22.6 Å². The van der Waals surface area contributed by atoms with Gasteiger partial charge in [0.2, 0.25) is 0 Å². The molecule has 0 atom stereocenters. The summed E-state index contributed by atoms with van der Waals surface area (Å²) in [5, 5.41) is 2.61. The zero-order valence-corrected chi connectivity index (χ0v) is 21.5. The van der Waals surface area contributed by atoms with Gasteiger partial charge in [-0.05, 0) is 80.1 Å². The number of sulfone groups is 1. The highest BCUT2D eigenvalue weighted by Gasteiger charge is 2.30. The van der Waals surface area contributed by atoms with Crippen LogP contribution in [0.15, 0.2) is 82.5 Å². The van der Waals surface area contributed by atoms with Gasteiger partial charge in [0.1, 0.15) is 5.56 Å². The summed E-state index contributed by atoms with van der Waals surface area (Å²) in [5.74, 6) is -0.0958. The molecule has 1 amide bonds. The summed E-state index contributed by atoms with van der Waals surface area (Å²) in [6.07, 6.45) is 2.31. The largest absolute Gasteiger partial charge is 0.416 e. The van der Waals surface area contributed by atoms with Crippen LogP contribution in [0.25, 0.3) is 5.69 Å². The Labute approximate surface area is 218 Å². The summed E-state index contributed by atoms with van der Waals surface area (Å²) >= 11 is 0. The van der Waals surface area contributed by atoms with Crippen LogP contribution >= 0.6 is 0 Å². The number of nitrogens with zero attached hydrogens (tertiary/aromatic N) is 1. The number of nitrogens with one attached hydrogen (secondary N) is 1. The third kappa shape index (κ3) is 6.61. The molecule has 0 saturated heterocycles. The van der Waals surface area contributed by atoms with E-state index in [2.05, 4.69) is 5.32 Å². The molecule has 2 aromatic carbocycles. The standard InChI is InChI=1S/C28H27F3N2O4S/c1-19-8-15-25(27(35)33(19)23-7-4-6-22(17-23)28(29,30)31)26(34)32-18-21-11-13-24(14-12-21)38(36,37)16-3-2-5-20-9-10-20/h2-4,6-8,11-15,17,20H,5,9-10,16,18H2,1H3,(H,32,34). The Kier molecular flexibility index (Phi) is 7.91. The monoisotopic (exact) mass is 544 g/mol. The molecule has 38 heavy (non-hydrogen) atoms. The average Bonchev–Trinajstić information content (AvgIpc) is 3.70. The summed E-state index contributed by atoms with van der Waals surface area (Å²) in [4.78, 5) is 26.0. The zero-order chi connectivity index (χ0) is 27.5. The van der Waals surface area contributed by atoms with Crippen molar-refractivity contribution < 1.29 is 26.4 Å². The highest BCUT2D eigenvalue weighted by molar-refractivity contribution is 7.91. The van der Waals surface area contributed by atoms with Gasteiger partial charge in [-0.1, -0.05) is 30.4 Å². The molecule has 3 aromatic rings. The van der Waals surface area contributed by atoms with Crippen molar-refractivity contribution in [3.63, 3.8) is 0 Å². The first-order chi connectivity index (χ1) is 18.0. The first kappa shape index (κ1) is 27.4. The van der Waals surface area contributed by atoms with E-state index in [1.807, 2.05) is 6.08 Å². The maximum absolute atomic E-state index is 13.2. The number of hydrogen-bond donors (Lipinski definition) is 1. The molecular weight excluding hydrogens is 517 g/mol. The van der Waals surface area contributed by atoms with Gasteiger partial charge in [0.05, 0.1) is 16.2 Å². The molecular formula is C28H27F3N2O4S. The molecule has 1 aliphatic rings. The highest BCUT2D eigenvalue weighted by Crippen LogP contribution is 2.32. The number of rotatable bonds is 9. The number of carbonyl (C=O) groups is 1. The van der Waals surface area contributed by atoms with Crippen molar-refractivity contribution >= 4 is 15.7 Å². The molecule has 0 spiro atoms. The molecule has 0 radical (unpaired) electrons. The van der Waals surface area contributed by atoms with Crippen molar-refractivity contribution in [3.8, 4) is 5.69 Å². The number of pyridine rings is 1. The number of carbonyl (C=O) groups excluding carboxylic acids is 1. The summed E-state index contributed by atoms with van der Waals surface area (Å²) in [6.45, 7) is 1.58. The Hall–Kier alpha value is -3.66. The van der Waals surface area contributed by atoms with Gasteiger partial charge in [0.25, 0.3) is 11.5 Å². The van der Waals surface area contributed by atoms with Crippen LogP contribution in [0.3, 0.4) is 0 Å². The van der Waals surface area contributed by atoms with Crippen molar-refractivity contribution in [2.75, 3.05) is 5.75 Å². The number of halogens is 3. The number of benzene rings is 2. The van der Waals surface area contributed by atoms with E-state index in [4.69, 9.17) is 0 Å². The van der Waals surface area contributed by atoms with Crippen LogP contribution < -0.4 is 10.9 Å². The number of aromatic nitrogens is 1. The lowest BCUT2D eigenvalue weighted by Gasteiger charge is -2.14. The molecule has 0 aliphatic heterocycles. The van der Waals surface area contributed by atoms with E-state index in [-0.39, 0.29) is 28.4 Å². The maximum Gasteiger partial charge on any atom is 0.416 e. The van der Waals surface area contributed by atoms with Crippen molar-refractivity contribution in [1.82, 2.24) is 9.88 Å². The van der Waals surface area contributed by atoms with Gasteiger partial charge in [-0.2, -0.15) is 13.2 Å². The van der Waals surface area contributed by atoms with E-state index in [0.29, 0.717) is 17.2 Å².